The summed E-state index contributed by atoms with van der Waals surface area (Å²) in [6.07, 6.45) is 0.629. The Morgan fingerprint density at radius 1 is 1.53 bits per heavy atom. The lowest BCUT2D eigenvalue weighted by Crippen LogP contribution is -2.12. The zero-order valence-electron chi connectivity index (χ0n) is 9.52. The first-order valence-electron chi connectivity index (χ1n) is 5.32. The van der Waals surface area contributed by atoms with E-state index in [9.17, 15) is 14.5 Å². The number of hydrogen-bond acceptors (Lipinski definition) is 4. The van der Waals surface area contributed by atoms with Gasteiger partial charge in [-0.25, -0.2) is 4.39 Å². The molecule has 0 bridgehead atoms. The first-order valence-corrected chi connectivity index (χ1v) is 5.32. The van der Waals surface area contributed by atoms with Crippen LogP contribution in [0.25, 0.3) is 0 Å². The van der Waals surface area contributed by atoms with Crippen molar-refractivity contribution in [1.29, 1.82) is 0 Å². The molecule has 0 radical (unpaired) electrons. The van der Waals surface area contributed by atoms with Crippen LogP contribution in [0.2, 0.25) is 0 Å². The molecule has 0 amide bonds. The van der Waals surface area contributed by atoms with E-state index in [1.54, 1.807) is 0 Å². The summed E-state index contributed by atoms with van der Waals surface area (Å²) in [7, 11) is 0. The fourth-order valence-corrected chi connectivity index (χ4v) is 1.40. The van der Waals surface area contributed by atoms with Crippen LogP contribution < -0.4 is 5.32 Å². The molecular weight excluding hydrogens is 227 g/mol. The number of halogens is 1. The Bertz CT molecular complexity index is 398. The van der Waals surface area contributed by atoms with Crippen molar-refractivity contribution in [3.05, 3.63) is 34.1 Å². The maximum Gasteiger partial charge on any atom is 0.274 e. The molecule has 1 rings (SSSR count). The van der Waals surface area contributed by atoms with Gasteiger partial charge in [-0.15, -0.1) is 0 Å². The van der Waals surface area contributed by atoms with Crippen LogP contribution >= 0.6 is 0 Å². The average Bonchev–Trinajstić information content (AvgIpc) is 2.26. The van der Waals surface area contributed by atoms with Crippen molar-refractivity contribution in [3.8, 4) is 0 Å². The van der Waals surface area contributed by atoms with Crippen LogP contribution in [0.1, 0.15) is 13.3 Å². The van der Waals surface area contributed by atoms with Gasteiger partial charge in [-0.05, 0) is 18.4 Å². The minimum atomic E-state index is -0.642. The van der Waals surface area contributed by atoms with Crippen molar-refractivity contribution in [2.45, 2.75) is 13.3 Å². The minimum absolute atomic E-state index is 0.0894. The lowest BCUT2D eigenvalue weighted by atomic mass is 10.1. The van der Waals surface area contributed by atoms with Crippen LogP contribution in [0.15, 0.2) is 18.2 Å². The third-order valence-electron chi connectivity index (χ3n) is 2.37. The summed E-state index contributed by atoms with van der Waals surface area (Å²) < 4.78 is 13.1. The van der Waals surface area contributed by atoms with Gasteiger partial charge in [0.25, 0.3) is 5.69 Å². The van der Waals surface area contributed by atoms with Gasteiger partial charge in [0.1, 0.15) is 5.82 Å². The number of rotatable bonds is 6. The molecule has 0 aromatic heterocycles. The predicted octanol–water partition coefficient (Wildman–Crippen LogP) is 2.16. The molecule has 5 nitrogen and oxygen atoms in total. The van der Waals surface area contributed by atoms with Crippen LogP contribution in [-0.2, 0) is 0 Å². The van der Waals surface area contributed by atoms with Gasteiger partial charge >= 0.3 is 0 Å². The number of nitrogens with one attached hydrogen (secondary N) is 1. The molecule has 1 unspecified atom stereocenters. The van der Waals surface area contributed by atoms with Gasteiger partial charge in [0.2, 0.25) is 0 Å². The molecular formula is C11H15FN2O3. The van der Waals surface area contributed by atoms with Gasteiger partial charge in [0.05, 0.1) is 11.0 Å². The lowest BCUT2D eigenvalue weighted by molar-refractivity contribution is -0.385. The fourth-order valence-electron chi connectivity index (χ4n) is 1.40. The van der Waals surface area contributed by atoms with Crippen LogP contribution in [-0.4, -0.2) is 23.2 Å². The zero-order valence-corrected chi connectivity index (χ0v) is 9.52. The molecule has 0 aliphatic rings. The molecule has 94 valence electrons. The number of hydrogen-bond donors (Lipinski definition) is 2. The minimum Gasteiger partial charge on any atom is -0.396 e. The lowest BCUT2D eigenvalue weighted by Gasteiger charge is -2.12. The van der Waals surface area contributed by atoms with E-state index in [0.717, 1.165) is 6.07 Å². The normalized spacial score (nSPS) is 12.2. The van der Waals surface area contributed by atoms with Crippen molar-refractivity contribution < 1.29 is 14.4 Å². The molecule has 1 aromatic rings. The monoisotopic (exact) mass is 242 g/mol. The SMILES string of the molecule is CC(CCO)CNc1cc(F)cc([N+](=O)[O-])c1. The van der Waals surface area contributed by atoms with Crippen molar-refractivity contribution >= 4 is 11.4 Å². The summed E-state index contributed by atoms with van der Waals surface area (Å²) in [5.41, 5.74) is 0.101. The van der Waals surface area contributed by atoms with Crippen LogP contribution in [0.4, 0.5) is 15.8 Å². The van der Waals surface area contributed by atoms with Gasteiger partial charge < -0.3 is 10.4 Å². The second kappa shape index (κ2) is 6.15. The molecule has 1 atom stereocenters. The maximum atomic E-state index is 13.1. The number of nitro benzene ring substituents is 1. The third kappa shape index (κ3) is 4.36. The molecule has 0 spiro atoms. The summed E-state index contributed by atoms with van der Waals surface area (Å²) in [5.74, 6) is -0.432. The van der Waals surface area contributed by atoms with E-state index in [4.69, 9.17) is 5.11 Å². The maximum absolute atomic E-state index is 13.1. The molecule has 0 aliphatic carbocycles. The Kier molecular flexibility index (Phi) is 4.84. The Labute approximate surface area is 98.4 Å². The van der Waals surface area contributed by atoms with E-state index in [1.165, 1.54) is 12.1 Å². The van der Waals surface area contributed by atoms with Crippen LogP contribution in [0.5, 0.6) is 0 Å². The van der Waals surface area contributed by atoms with Gasteiger partial charge in [-0.2, -0.15) is 0 Å². The molecule has 17 heavy (non-hydrogen) atoms. The van der Waals surface area contributed by atoms with E-state index in [1.807, 2.05) is 6.92 Å². The van der Waals surface area contributed by atoms with E-state index in [2.05, 4.69) is 5.32 Å². The third-order valence-corrected chi connectivity index (χ3v) is 2.37. The van der Waals surface area contributed by atoms with Gasteiger partial charge in [0, 0.05) is 24.9 Å². The number of aliphatic hydroxyl groups excluding tert-OH is 1. The van der Waals surface area contributed by atoms with Crippen molar-refractivity contribution in [3.63, 3.8) is 0 Å². The molecule has 2 N–H and O–H groups in total. The predicted molar refractivity (Wildman–Crippen MR) is 62.4 cm³/mol. The topological polar surface area (TPSA) is 75.4 Å². The van der Waals surface area contributed by atoms with Crippen LogP contribution in [0.3, 0.4) is 0 Å². The summed E-state index contributed by atoms with van der Waals surface area (Å²) in [4.78, 5) is 9.89. The molecule has 0 saturated heterocycles. The fraction of sp³-hybridized carbons (Fsp3) is 0.455. The summed E-state index contributed by atoms with van der Waals surface area (Å²) in [6.45, 7) is 2.55. The standard InChI is InChI=1S/C11H15FN2O3/c1-8(2-3-15)7-13-10-4-9(12)5-11(6-10)14(16)17/h4-6,8,13,15H,2-3,7H2,1H3. The summed E-state index contributed by atoms with van der Waals surface area (Å²) in [5, 5.41) is 22.2. The number of aliphatic hydroxyl groups is 1. The molecule has 0 aliphatic heterocycles. The Morgan fingerprint density at radius 3 is 2.82 bits per heavy atom. The highest BCUT2D eigenvalue weighted by molar-refractivity contribution is 5.51. The van der Waals surface area contributed by atoms with E-state index in [0.29, 0.717) is 18.7 Å². The largest absolute Gasteiger partial charge is 0.396 e. The molecule has 1 aromatic carbocycles. The summed E-state index contributed by atoms with van der Waals surface area (Å²) in [6, 6.07) is 3.37. The molecule has 6 heteroatoms. The average molecular weight is 242 g/mol. The highest BCUT2D eigenvalue weighted by Gasteiger charge is 2.10. The number of anilines is 1. The van der Waals surface area contributed by atoms with Crippen molar-refractivity contribution in [2.24, 2.45) is 5.92 Å². The van der Waals surface area contributed by atoms with E-state index in [-0.39, 0.29) is 18.2 Å². The van der Waals surface area contributed by atoms with Gasteiger partial charge in [-0.1, -0.05) is 6.92 Å². The highest BCUT2D eigenvalue weighted by atomic mass is 19.1. The zero-order chi connectivity index (χ0) is 12.8. The first-order chi connectivity index (χ1) is 8.02. The first kappa shape index (κ1) is 13.4. The van der Waals surface area contributed by atoms with E-state index < -0.39 is 10.7 Å². The van der Waals surface area contributed by atoms with Gasteiger partial charge in [-0.3, -0.25) is 10.1 Å². The second-order valence-electron chi connectivity index (χ2n) is 3.95. The van der Waals surface area contributed by atoms with Crippen molar-refractivity contribution in [1.82, 2.24) is 0 Å². The Balaban J connectivity index is 2.68. The number of benzene rings is 1. The Morgan fingerprint density at radius 2 is 2.24 bits per heavy atom. The second-order valence-corrected chi connectivity index (χ2v) is 3.95. The quantitative estimate of drug-likeness (QED) is 0.592. The Hall–Kier alpha value is -1.69. The van der Waals surface area contributed by atoms with Crippen molar-refractivity contribution in [2.75, 3.05) is 18.5 Å². The van der Waals surface area contributed by atoms with E-state index >= 15 is 0 Å². The molecule has 0 heterocycles. The molecule has 0 saturated carbocycles. The summed E-state index contributed by atoms with van der Waals surface area (Å²) >= 11 is 0. The highest BCUT2D eigenvalue weighted by Crippen LogP contribution is 2.20. The number of nitro groups is 1. The van der Waals surface area contributed by atoms with Gasteiger partial charge in [0.15, 0.2) is 0 Å². The smallest absolute Gasteiger partial charge is 0.274 e. The number of nitrogens with zero attached hydrogens (tertiary/aromatic N) is 1. The number of non-ortho nitro benzene ring substituents is 1. The van der Waals surface area contributed by atoms with Crippen LogP contribution in [0, 0.1) is 21.8 Å². The molecule has 0 fully saturated rings.